The molecule has 1 saturated carbocycles. The molecule has 4 aromatic rings. The van der Waals surface area contributed by atoms with Crippen LogP contribution >= 0.6 is 0 Å². The maximum absolute atomic E-state index is 14.9. The van der Waals surface area contributed by atoms with Crippen molar-refractivity contribution in [2.45, 2.75) is 45.6 Å². The van der Waals surface area contributed by atoms with Crippen molar-refractivity contribution in [3.63, 3.8) is 0 Å². The van der Waals surface area contributed by atoms with Crippen molar-refractivity contribution in [2.24, 2.45) is 5.92 Å². The Kier molecular flexibility index (Phi) is 6.04. The summed E-state index contributed by atoms with van der Waals surface area (Å²) in [6.07, 6.45) is 5.68. The van der Waals surface area contributed by atoms with Gasteiger partial charge in [0, 0.05) is 37.0 Å². The van der Waals surface area contributed by atoms with Crippen LogP contribution in [0.15, 0.2) is 30.6 Å². The van der Waals surface area contributed by atoms with Crippen LogP contribution in [0.5, 0.6) is 0 Å². The lowest BCUT2D eigenvalue weighted by Gasteiger charge is -2.38. The standard InChI is InChI=1S/C26H27F2N7O2/c1-14-15(2)31-25-24(30-14)23(19-7-6-18(27)8-20(19)28)32-26(33-25)34-11-21(16-4-5-16)37-22(12-34)17-9-29-35(10-17)13-36-3/h6-10,16,21-22H,4-5,11-13H2,1-3H3/t21-,22+/m1/s1. The average Bonchev–Trinajstić information content (AvgIpc) is 3.63. The van der Waals surface area contributed by atoms with Gasteiger partial charge in [-0.15, -0.1) is 0 Å². The van der Waals surface area contributed by atoms with Gasteiger partial charge >= 0.3 is 0 Å². The van der Waals surface area contributed by atoms with E-state index in [2.05, 4.69) is 20.0 Å². The van der Waals surface area contributed by atoms with Gasteiger partial charge in [0.05, 0.1) is 30.2 Å². The number of fused-ring (bicyclic) bond motifs is 1. The van der Waals surface area contributed by atoms with E-state index in [1.807, 2.05) is 20.0 Å². The fourth-order valence-corrected chi connectivity index (χ4v) is 4.72. The second-order valence-electron chi connectivity index (χ2n) is 9.70. The zero-order chi connectivity index (χ0) is 25.7. The number of hydrogen-bond acceptors (Lipinski definition) is 8. The van der Waals surface area contributed by atoms with E-state index in [4.69, 9.17) is 19.4 Å². The Balaban J connectivity index is 1.44. The lowest BCUT2D eigenvalue weighted by atomic mass is 10.1. The number of rotatable bonds is 6. The van der Waals surface area contributed by atoms with Crippen molar-refractivity contribution in [2.75, 3.05) is 25.1 Å². The van der Waals surface area contributed by atoms with Crippen molar-refractivity contribution in [3.05, 3.63) is 59.2 Å². The van der Waals surface area contributed by atoms with Gasteiger partial charge in [0.15, 0.2) is 5.65 Å². The maximum Gasteiger partial charge on any atom is 0.228 e. The molecule has 1 aliphatic carbocycles. The highest BCUT2D eigenvalue weighted by Gasteiger charge is 2.40. The maximum atomic E-state index is 14.9. The van der Waals surface area contributed by atoms with E-state index in [-0.39, 0.29) is 23.5 Å². The molecule has 9 nitrogen and oxygen atoms in total. The van der Waals surface area contributed by atoms with Crippen molar-refractivity contribution in [1.29, 1.82) is 0 Å². The van der Waals surface area contributed by atoms with Gasteiger partial charge in [0.25, 0.3) is 0 Å². The Morgan fingerprint density at radius 1 is 1.05 bits per heavy atom. The van der Waals surface area contributed by atoms with Crippen LogP contribution < -0.4 is 4.90 Å². The third-order valence-corrected chi connectivity index (χ3v) is 6.96. The summed E-state index contributed by atoms with van der Waals surface area (Å²) in [7, 11) is 1.62. The first kappa shape index (κ1) is 23.8. The molecule has 0 radical (unpaired) electrons. The Labute approximate surface area is 212 Å². The largest absolute Gasteiger partial charge is 0.366 e. The summed E-state index contributed by atoms with van der Waals surface area (Å²) < 4.78 is 42.0. The molecule has 11 heteroatoms. The van der Waals surface area contributed by atoms with Crippen LogP contribution in [0, 0.1) is 31.4 Å². The first-order valence-corrected chi connectivity index (χ1v) is 12.3. The number of benzene rings is 1. The van der Waals surface area contributed by atoms with Gasteiger partial charge in [-0.05, 0) is 44.7 Å². The van der Waals surface area contributed by atoms with Gasteiger partial charge in [-0.3, -0.25) is 0 Å². The minimum atomic E-state index is -0.716. The summed E-state index contributed by atoms with van der Waals surface area (Å²) in [6.45, 7) is 5.12. The first-order chi connectivity index (χ1) is 17.9. The lowest BCUT2D eigenvalue weighted by Crippen LogP contribution is -2.45. The monoisotopic (exact) mass is 507 g/mol. The number of aryl methyl sites for hydroxylation is 2. The summed E-state index contributed by atoms with van der Waals surface area (Å²) in [6, 6.07) is 3.45. The Morgan fingerprint density at radius 2 is 1.86 bits per heavy atom. The van der Waals surface area contributed by atoms with Gasteiger partial charge < -0.3 is 14.4 Å². The summed E-state index contributed by atoms with van der Waals surface area (Å²) in [5, 5.41) is 4.37. The molecular formula is C26H27F2N7O2. The molecule has 0 amide bonds. The van der Waals surface area contributed by atoms with Crippen molar-refractivity contribution in [3.8, 4) is 11.3 Å². The molecule has 1 aliphatic heterocycles. The number of methoxy groups -OCH3 is 1. The number of halogens is 2. The topological polar surface area (TPSA) is 91.1 Å². The molecule has 2 aliphatic rings. The van der Waals surface area contributed by atoms with E-state index >= 15 is 0 Å². The second-order valence-corrected chi connectivity index (χ2v) is 9.70. The number of aromatic nitrogens is 6. The molecule has 6 rings (SSSR count). The fourth-order valence-electron chi connectivity index (χ4n) is 4.72. The van der Waals surface area contributed by atoms with E-state index in [1.54, 1.807) is 18.0 Å². The number of anilines is 1. The van der Waals surface area contributed by atoms with Crippen molar-refractivity contribution >= 4 is 17.1 Å². The first-order valence-electron chi connectivity index (χ1n) is 12.3. The molecule has 37 heavy (non-hydrogen) atoms. The van der Waals surface area contributed by atoms with Gasteiger partial charge in [-0.2, -0.15) is 10.1 Å². The molecule has 4 heterocycles. The Hall–Kier alpha value is -3.57. The van der Waals surface area contributed by atoms with Crippen molar-refractivity contribution < 1.29 is 18.3 Å². The number of nitrogens with zero attached hydrogens (tertiary/aromatic N) is 7. The molecule has 2 fully saturated rings. The van der Waals surface area contributed by atoms with Gasteiger partial charge in [0.2, 0.25) is 5.95 Å². The van der Waals surface area contributed by atoms with E-state index in [9.17, 15) is 8.78 Å². The van der Waals surface area contributed by atoms with Crippen LogP contribution in [0.25, 0.3) is 22.4 Å². The highest BCUT2D eigenvalue weighted by Crippen LogP contribution is 2.40. The van der Waals surface area contributed by atoms with E-state index in [1.165, 1.54) is 12.1 Å². The van der Waals surface area contributed by atoms with Crippen LogP contribution in [0.4, 0.5) is 14.7 Å². The number of morpholine rings is 1. The lowest BCUT2D eigenvalue weighted by molar-refractivity contribution is -0.0390. The number of hydrogen-bond donors (Lipinski definition) is 0. The molecule has 192 valence electrons. The van der Waals surface area contributed by atoms with Gasteiger partial charge in [-0.1, -0.05) is 0 Å². The minimum absolute atomic E-state index is 0.000618. The van der Waals surface area contributed by atoms with Crippen molar-refractivity contribution in [1.82, 2.24) is 29.7 Å². The van der Waals surface area contributed by atoms with Crippen LogP contribution in [0.1, 0.15) is 35.9 Å². The van der Waals surface area contributed by atoms with Gasteiger partial charge in [-0.25, -0.2) is 28.4 Å². The predicted molar refractivity (Wildman–Crippen MR) is 132 cm³/mol. The molecule has 3 aromatic heterocycles. The Bertz CT molecular complexity index is 1470. The second kappa shape index (κ2) is 9.38. The number of ether oxygens (including phenoxy) is 2. The van der Waals surface area contributed by atoms with Crippen LogP contribution in [0.3, 0.4) is 0 Å². The molecule has 1 saturated heterocycles. The third-order valence-electron chi connectivity index (χ3n) is 6.96. The van der Waals surface area contributed by atoms with E-state index < -0.39 is 11.6 Å². The normalized spacial score (nSPS) is 20.1. The van der Waals surface area contributed by atoms with Crippen LogP contribution in [-0.2, 0) is 16.2 Å². The molecule has 0 N–H and O–H groups in total. The Morgan fingerprint density at radius 3 is 2.62 bits per heavy atom. The highest BCUT2D eigenvalue weighted by molar-refractivity contribution is 5.88. The predicted octanol–water partition coefficient (Wildman–Crippen LogP) is 4.14. The minimum Gasteiger partial charge on any atom is -0.366 e. The quantitative estimate of drug-likeness (QED) is 0.385. The fraction of sp³-hybridized carbons (Fsp3) is 0.423. The van der Waals surface area contributed by atoms with E-state index in [0.717, 1.165) is 30.2 Å². The highest BCUT2D eigenvalue weighted by atomic mass is 19.1. The zero-order valence-electron chi connectivity index (χ0n) is 20.9. The molecule has 0 bridgehead atoms. The zero-order valence-corrected chi connectivity index (χ0v) is 20.9. The SMILES string of the molecule is COCn1cc([C@@H]2CN(c3nc(-c4ccc(F)cc4F)c4nc(C)c(C)nc4n3)C[C@H](C3CC3)O2)cn1. The molecule has 0 spiro atoms. The smallest absolute Gasteiger partial charge is 0.228 e. The summed E-state index contributed by atoms with van der Waals surface area (Å²) >= 11 is 0. The molecule has 0 unspecified atom stereocenters. The average molecular weight is 508 g/mol. The van der Waals surface area contributed by atoms with Crippen LogP contribution in [0.2, 0.25) is 0 Å². The van der Waals surface area contributed by atoms with Crippen LogP contribution in [-0.4, -0.2) is 56.0 Å². The summed E-state index contributed by atoms with van der Waals surface area (Å²) in [5.74, 6) is -0.493. The molecule has 1 aromatic carbocycles. The molecule has 2 atom stereocenters. The molecular weight excluding hydrogens is 480 g/mol. The summed E-state index contributed by atoms with van der Waals surface area (Å²) in [5.41, 5.74) is 3.53. The van der Waals surface area contributed by atoms with Gasteiger partial charge in [0.1, 0.15) is 35.7 Å². The van der Waals surface area contributed by atoms with E-state index in [0.29, 0.717) is 48.5 Å². The summed E-state index contributed by atoms with van der Waals surface area (Å²) in [4.78, 5) is 20.9. The third kappa shape index (κ3) is 4.64.